The van der Waals surface area contributed by atoms with Gasteiger partial charge in [0.25, 0.3) is 5.56 Å². The molecule has 0 amide bonds. The molecule has 4 N–H and O–H groups in total. The van der Waals surface area contributed by atoms with Gasteiger partial charge in [-0.3, -0.25) is 9.69 Å². The van der Waals surface area contributed by atoms with Crippen molar-refractivity contribution < 1.29 is 13.2 Å². The lowest BCUT2D eigenvalue weighted by Crippen LogP contribution is -2.31. The normalized spacial score (nSPS) is 10.9. The molecule has 0 aliphatic heterocycles. The maximum Gasteiger partial charge on any atom is 0.267 e. The summed E-state index contributed by atoms with van der Waals surface area (Å²) in [5, 5.41) is 9.54. The van der Waals surface area contributed by atoms with Crippen LogP contribution < -0.4 is 21.9 Å². The molecule has 0 bridgehead atoms. The number of nitrogens with two attached hydrogens (primary N) is 2. The van der Waals surface area contributed by atoms with Gasteiger partial charge in [0.15, 0.2) is 5.82 Å². The Kier molecular flexibility index (Phi) is 5.77. The number of halogens is 3. The zero-order valence-electron chi connectivity index (χ0n) is 17.8. The molecule has 0 saturated heterocycles. The Labute approximate surface area is 190 Å². The average Bonchev–Trinajstić information content (AvgIpc) is 2.76. The van der Waals surface area contributed by atoms with Crippen LogP contribution in [-0.4, -0.2) is 26.1 Å². The van der Waals surface area contributed by atoms with E-state index in [9.17, 15) is 23.2 Å². The second-order valence-electron chi connectivity index (χ2n) is 7.27. The van der Waals surface area contributed by atoms with Gasteiger partial charge in [-0.25, -0.2) is 22.7 Å². The Hall–Kier alpha value is -4.66. The number of nitriles is 1. The standard InChI is InChI=1S/C22H17F3N8O/c1-2-5-32(19-16(10-26)18(27)30-21(28)31-19)22-29-17-4-3-11(23)9-15(17)20(34)33(22)14-7-12(24)6-13(25)8-14/h3-4,6-9H,2,5H2,1H3,(H4,27,28,30,31). The molecule has 0 aliphatic rings. The Balaban J connectivity index is 2.15. The summed E-state index contributed by atoms with van der Waals surface area (Å²) in [5.74, 6) is -3.19. The number of anilines is 4. The highest BCUT2D eigenvalue weighted by molar-refractivity contribution is 5.81. The van der Waals surface area contributed by atoms with E-state index in [2.05, 4.69) is 15.0 Å². The predicted octanol–water partition coefficient (Wildman–Crippen LogP) is 3.18. The van der Waals surface area contributed by atoms with Crippen molar-refractivity contribution in [3.63, 3.8) is 0 Å². The second kappa shape index (κ2) is 8.70. The van der Waals surface area contributed by atoms with Crippen LogP contribution in [0.2, 0.25) is 0 Å². The minimum Gasteiger partial charge on any atom is -0.382 e. The molecule has 172 valence electrons. The lowest BCUT2D eigenvalue weighted by atomic mass is 10.2. The van der Waals surface area contributed by atoms with Crippen molar-refractivity contribution in [2.24, 2.45) is 0 Å². The third-order valence-electron chi connectivity index (χ3n) is 4.91. The smallest absolute Gasteiger partial charge is 0.267 e. The van der Waals surface area contributed by atoms with Crippen molar-refractivity contribution in [1.29, 1.82) is 5.26 Å². The zero-order chi connectivity index (χ0) is 24.6. The molecule has 2 aromatic heterocycles. The number of fused-ring (bicyclic) bond motifs is 1. The Morgan fingerprint density at radius 3 is 2.38 bits per heavy atom. The molecule has 0 spiro atoms. The molecular weight excluding hydrogens is 449 g/mol. The van der Waals surface area contributed by atoms with Crippen LogP contribution >= 0.6 is 0 Å². The van der Waals surface area contributed by atoms with Gasteiger partial charge in [-0.2, -0.15) is 15.2 Å². The summed E-state index contributed by atoms with van der Waals surface area (Å²) in [5.41, 5.74) is 10.6. The lowest BCUT2D eigenvalue weighted by Gasteiger charge is -2.26. The van der Waals surface area contributed by atoms with Crippen molar-refractivity contribution in [2.75, 3.05) is 22.9 Å². The van der Waals surface area contributed by atoms with Gasteiger partial charge in [0.05, 0.1) is 16.6 Å². The molecule has 2 aromatic carbocycles. The molecule has 9 nitrogen and oxygen atoms in total. The molecule has 4 rings (SSSR count). The summed E-state index contributed by atoms with van der Waals surface area (Å²) in [4.78, 5) is 27.2. The summed E-state index contributed by atoms with van der Waals surface area (Å²) in [6, 6.07) is 7.80. The van der Waals surface area contributed by atoms with Gasteiger partial charge in [0, 0.05) is 12.6 Å². The summed E-state index contributed by atoms with van der Waals surface area (Å²) < 4.78 is 43.1. The van der Waals surface area contributed by atoms with Gasteiger partial charge < -0.3 is 11.5 Å². The number of benzene rings is 2. The molecular formula is C22H17F3N8O. The molecule has 0 unspecified atom stereocenters. The maximum atomic E-state index is 14.1. The summed E-state index contributed by atoms with van der Waals surface area (Å²) in [7, 11) is 0. The first-order chi connectivity index (χ1) is 16.2. The van der Waals surface area contributed by atoms with E-state index in [0.29, 0.717) is 12.5 Å². The minimum atomic E-state index is -0.942. The highest BCUT2D eigenvalue weighted by Crippen LogP contribution is 2.31. The molecule has 0 saturated carbocycles. The fraction of sp³-hybridized carbons (Fsp3) is 0.136. The Morgan fingerprint density at radius 2 is 1.74 bits per heavy atom. The van der Waals surface area contributed by atoms with Crippen LogP contribution in [0.5, 0.6) is 0 Å². The minimum absolute atomic E-state index is 0.0478. The van der Waals surface area contributed by atoms with Crippen LogP contribution in [0.25, 0.3) is 16.6 Å². The van der Waals surface area contributed by atoms with Gasteiger partial charge in [-0.15, -0.1) is 0 Å². The van der Waals surface area contributed by atoms with Crippen molar-refractivity contribution >= 4 is 34.4 Å². The molecule has 0 aliphatic carbocycles. The summed E-state index contributed by atoms with van der Waals surface area (Å²) in [6.07, 6.45) is 0.476. The number of hydrogen-bond donors (Lipinski definition) is 2. The monoisotopic (exact) mass is 466 g/mol. The quantitative estimate of drug-likeness (QED) is 0.457. The molecule has 0 atom stereocenters. The summed E-state index contributed by atoms with van der Waals surface area (Å²) >= 11 is 0. The third kappa shape index (κ3) is 3.95. The van der Waals surface area contributed by atoms with E-state index in [1.54, 1.807) is 0 Å². The van der Waals surface area contributed by atoms with Crippen LogP contribution in [-0.2, 0) is 0 Å². The van der Waals surface area contributed by atoms with Crippen LogP contribution in [0, 0.1) is 28.8 Å². The van der Waals surface area contributed by atoms with Gasteiger partial charge in [-0.05, 0) is 36.8 Å². The predicted molar refractivity (Wildman–Crippen MR) is 120 cm³/mol. The average molecular weight is 466 g/mol. The number of rotatable bonds is 5. The lowest BCUT2D eigenvalue weighted by molar-refractivity contribution is 0.581. The van der Waals surface area contributed by atoms with Crippen molar-refractivity contribution in [1.82, 2.24) is 19.5 Å². The maximum absolute atomic E-state index is 14.1. The Morgan fingerprint density at radius 1 is 1.03 bits per heavy atom. The number of nitrogen functional groups attached to an aromatic ring is 2. The van der Waals surface area contributed by atoms with E-state index in [1.807, 2.05) is 13.0 Å². The second-order valence-corrected chi connectivity index (χ2v) is 7.27. The zero-order valence-corrected chi connectivity index (χ0v) is 17.8. The first kappa shape index (κ1) is 22.5. The topological polar surface area (TPSA) is 140 Å². The van der Waals surface area contributed by atoms with Gasteiger partial charge in [0.1, 0.15) is 34.9 Å². The third-order valence-corrected chi connectivity index (χ3v) is 4.91. The number of aromatic nitrogens is 4. The van der Waals surface area contributed by atoms with E-state index in [0.717, 1.165) is 28.8 Å². The van der Waals surface area contributed by atoms with Gasteiger partial charge in [-0.1, -0.05) is 6.92 Å². The highest BCUT2D eigenvalue weighted by atomic mass is 19.1. The van der Waals surface area contributed by atoms with E-state index >= 15 is 0 Å². The SMILES string of the molecule is CCCN(c1nc(N)nc(N)c1C#N)c1nc2ccc(F)cc2c(=O)n1-c1cc(F)cc(F)c1. The molecule has 2 heterocycles. The molecule has 34 heavy (non-hydrogen) atoms. The molecule has 12 heteroatoms. The number of nitrogens with zero attached hydrogens (tertiary/aromatic N) is 6. The first-order valence-electron chi connectivity index (χ1n) is 10.0. The first-order valence-corrected chi connectivity index (χ1v) is 10.0. The van der Waals surface area contributed by atoms with Crippen molar-refractivity contribution in [3.8, 4) is 11.8 Å². The molecule has 4 aromatic rings. The van der Waals surface area contributed by atoms with Crippen LogP contribution in [0.15, 0.2) is 41.2 Å². The van der Waals surface area contributed by atoms with E-state index in [4.69, 9.17) is 11.5 Å². The van der Waals surface area contributed by atoms with Gasteiger partial charge >= 0.3 is 0 Å². The van der Waals surface area contributed by atoms with Crippen LogP contribution in [0.1, 0.15) is 18.9 Å². The Bertz CT molecular complexity index is 1510. The molecule has 0 fully saturated rings. The van der Waals surface area contributed by atoms with E-state index in [1.165, 1.54) is 11.0 Å². The van der Waals surface area contributed by atoms with Crippen LogP contribution in [0.4, 0.5) is 36.7 Å². The van der Waals surface area contributed by atoms with Gasteiger partial charge in [0.2, 0.25) is 11.9 Å². The van der Waals surface area contributed by atoms with Crippen molar-refractivity contribution in [2.45, 2.75) is 13.3 Å². The number of hydrogen-bond acceptors (Lipinski definition) is 8. The largest absolute Gasteiger partial charge is 0.382 e. The van der Waals surface area contributed by atoms with E-state index in [-0.39, 0.29) is 52.2 Å². The van der Waals surface area contributed by atoms with E-state index < -0.39 is 23.0 Å². The fourth-order valence-electron chi connectivity index (χ4n) is 3.54. The highest BCUT2D eigenvalue weighted by Gasteiger charge is 2.25. The molecule has 0 radical (unpaired) electrons. The summed E-state index contributed by atoms with van der Waals surface area (Å²) in [6.45, 7) is 1.97. The van der Waals surface area contributed by atoms with Crippen molar-refractivity contribution in [3.05, 3.63) is 69.8 Å². The van der Waals surface area contributed by atoms with Crippen LogP contribution in [0.3, 0.4) is 0 Å². The fourth-order valence-corrected chi connectivity index (χ4v) is 3.54.